The van der Waals surface area contributed by atoms with Crippen molar-refractivity contribution in [3.63, 3.8) is 0 Å². The molecular weight excluding hydrogens is 290 g/mol. The minimum atomic E-state index is -0.193. The molecule has 5 heteroatoms. The molecule has 0 aliphatic carbocycles. The zero-order valence-electron chi connectivity index (χ0n) is 12.5. The van der Waals surface area contributed by atoms with Crippen molar-refractivity contribution < 1.29 is 9.53 Å². The van der Waals surface area contributed by atoms with Crippen molar-refractivity contribution in [2.24, 2.45) is 0 Å². The number of ketones is 1. The number of ether oxygens (including phenoxy) is 1. The van der Waals surface area contributed by atoms with E-state index in [-0.39, 0.29) is 5.78 Å². The van der Waals surface area contributed by atoms with Crippen LogP contribution in [0.4, 0.5) is 5.82 Å². The van der Waals surface area contributed by atoms with Crippen LogP contribution in [0, 0.1) is 6.20 Å². The standard InChI is InChI=1S/C18H14N3O2/c1-19-18-16(11-20-12-21-18)17(22)13-7-9-15(10-8-13)23-14-5-3-2-4-6-14/h2-10,12H,1H3,(H,19,20,21). The largest absolute Gasteiger partial charge is 0.457 e. The van der Waals surface area contributed by atoms with Gasteiger partial charge in [0, 0.05) is 12.6 Å². The number of rotatable bonds is 5. The predicted octanol–water partition coefficient (Wildman–Crippen LogP) is 3.34. The van der Waals surface area contributed by atoms with Crippen LogP contribution in [-0.4, -0.2) is 22.8 Å². The highest BCUT2D eigenvalue weighted by Gasteiger charge is 2.15. The summed E-state index contributed by atoms with van der Waals surface area (Å²) in [7, 11) is 1.70. The van der Waals surface area contributed by atoms with Crippen molar-refractivity contribution in [1.29, 1.82) is 0 Å². The smallest absolute Gasteiger partial charge is 0.199 e. The van der Waals surface area contributed by atoms with Gasteiger partial charge in [-0.15, -0.1) is 0 Å². The molecule has 1 N–H and O–H groups in total. The SMILES string of the molecule is CNc1ncn[c]c1C(=O)c1ccc(Oc2ccccc2)cc1. The maximum absolute atomic E-state index is 12.5. The van der Waals surface area contributed by atoms with E-state index in [1.807, 2.05) is 30.3 Å². The summed E-state index contributed by atoms with van der Waals surface area (Å²) in [6, 6.07) is 16.4. The summed E-state index contributed by atoms with van der Waals surface area (Å²) in [4.78, 5) is 20.3. The molecule has 0 spiro atoms. The molecule has 5 nitrogen and oxygen atoms in total. The molecule has 1 heterocycles. The number of anilines is 1. The highest BCUT2D eigenvalue weighted by molar-refractivity contribution is 6.11. The Morgan fingerprint density at radius 1 is 1.04 bits per heavy atom. The molecule has 3 rings (SSSR count). The fourth-order valence-corrected chi connectivity index (χ4v) is 2.09. The number of hydrogen-bond donors (Lipinski definition) is 1. The van der Waals surface area contributed by atoms with Gasteiger partial charge in [-0.05, 0) is 36.4 Å². The van der Waals surface area contributed by atoms with Crippen molar-refractivity contribution in [2.45, 2.75) is 0 Å². The zero-order valence-corrected chi connectivity index (χ0v) is 12.5. The number of hydrogen-bond acceptors (Lipinski definition) is 5. The Hall–Kier alpha value is -3.21. The Labute approximate surface area is 134 Å². The molecule has 1 aromatic heterocycles. The van der Waals surface area contributed by atoms with Crippen molar-refractivity contribution >= 4 is 11.6 Å². The van der Waals surface area contributed by atoms with Crippen molar-refractivity contribution in [3.05, 3.63) is 78.2 Å². The lowest BCUT2D eigenvalue weighted by molar-refractivity contribution is 0.103. The second-order valence-electron chi connectivity index (χ2n) is 4.73. The highest BCUT2D eigenvalue weighted by Crippen LogP contribution is 2.22. The van der Waals surface area contributed by atoms with Gasteiger partial charge < -0.3 is 10.1 Å². The molecule has 0 atom stereocenters. The van der Waals surface area contributed by atoms with Crippen LogP contribution < -0.4 is 10.1 Å². The van der Waals surface area contributed by atoms with Crippen molar-refractivity contribution in [1.82, 2.24) is 9.97 Å². The van der Waals surface area contributed by atoms with Crippen LogP contribution in [0.25, 0.3) is 0 Å². The maximum Gasteiger partial charge on any atom is 0.199 e. The average Bonchev–Trinajstić information content (AvgIpc) is 2.62. The number of benzene rings is 2. The molecule has 0 fully saturated rings. The lowest BCUT2D eigenvalue weighted by atomic mass is 10.1. The van der Waals surface area contributed by atoms with Crippen molar-refractivity contribution in [3.8, 4) is 11.5 Å². The van der Waals surface area contributed by atoms with Crippen LogP contribution in [0.15, 0.2) is 60.9 Å². The number of carbonyl (C=O) groups excluding carboxylic acids is 1. The molecular formula is C18H14N3O2. The number of nitrogens with one attached hydrogen (secondary N) is 1. The minimum Gasteiger partial charge on any atom is -0.457 e. The predicted molar refractivity (Wildman–Crippen MR) is 86.8 cm³/mol. The summed E-state index contributed by atoms with van der Waals surface area (Å²) in [6.45, 7) is 0. The molecule has 23 heavy (non-hydrogen) atoms. The normalized spacial score (nSPS) is 10.1. The first-order valence-electron chi connectivity index (χ1n) is 7.06. The Morgan fingerprint density at radius 2 is 1.74 bits per heavy atom. The molecule has 0 amide bonds. The molecule has 3 aromatic rings. The Morgan fingerprint density at radius 3 is 2.43 bits per heavy atom. The topological polar surface area (TPSA) is 64.1 Å². The summed E-state index contributed by atoms with van der Waals surface area (Å²) in [6.07, 6.45) is 4.03. The second kappa shape index (κ2) is 6.70. The van der Waals surface area contributed by atoms with Crippen LogP contribution in [0.5, 0.6) is 11.5 Å². The lowest BCUT2D eigenvalue weighted by Crippen LogP contribution is -2.08. The summed E-state index contributed by atoms with van der Waals surface area (Å²) < 4.78 is 5.71. The quantitative estimate of drug-likeness (QED) is 0.732. The first-order chi connectivity index (χ1) is 11.3. The van der Waals surface area contributed by atoms with E-state index in [0.717, 1.165) is 5.75 Å². The molecule has 0 bridgehead atoms. The van der Waals surface area contributed by atoms with Gasteiger partial charge in [-0.25, -0.2) is 9.97 Å². The summed E-state index contributed by atoms with van der Waals surface area (Å²) in [5.41, 5.74) is 0.833. The van der Waals surface area contributed by atoms with Gasteiger partial charge in [0.05, 0.1) is 5.56 Å². The number of nitrogens with zero attached hydrogens (tertiary/aromatic N) is 2. The van der Waals surface area contributed by atoms with Gasteiger partial charge >= 0.3 is 0 Å². The van der Waals surface area contributed by atoms with Crippen LogP contribution in [0.1, 0.15) is 15.9 Å². The molecule has 2 aromatic carbocycles. The second-order valence-corrected chi connectivity index (χ2v) is 4.73. The van der Waals surface area contributed by atoms with E-state index in [1.165, 1.54) is 6.33 Å². The van der Waals surface area contributed by atoms with Gasteiger partial charge in [-0.1, -0.05) is 18.2 Å². The number of para-hydroxylation sites is 1. The fourth-order valence-electron chi connectivity index (χ4n) is 2.09. The first kappa shape index (κ1) is 14.7. The molecule has 113 valence electrons. The Balaban J connectivity index is 1.80. The van der Waals surface area contributed by atoms with E-state index in [0.29, 0.717) is 22.7 Å². The van der Waals surface area contributed by atoms with E-state index in [9.17, 15) is 4.79 Å². The van der Waals surface area contributed by atoms with E-state index in [1.54, 1.807) is 31.3 Å². The zero-order chi connectivity index (χ0) is 16.1. The number of aromatic nitrogens is 2. The van der Waals surface area contributed by atoms with Crippen molar-refractivity contribution in [2.75, 3.05) is 12.4 Å². The Bertz CT molecular complexity index is 802. The third-order valence-corrected chi connectivity index (χ3v) is 3.22. The van der Waals surface area contributed by atoms with E-state index >= 15 is 0 Å². The van der Waals surface area contributed by atoms with Gasteiger partial charge in [0.1, 0.15) is 29.8 Å². The summed E-state index contributed by atoms with van der Waals surface area (Å²) >= 11 is 0. The monoisotopic (exact) mass is 304 g/mol. The molecule has 1 radical (unpaired) electrons. The summed E-state index contributed by atoms with van der Waals surface area (Å²) in [5.74, 6) is 1.67. The van der Waals surface area contributed by atoms with Crippen LogP contribution >= 0.6 is 0 Å². The van der Waals surface area contributed by atoms with Crippen LogP contribution in [0.2, 0.25) is 0 Å². The lowest BCUT2D eigenvalue weighted by Gasteiger charge is -2.08. The Kier molecular flexibility index (Phi) is 4.29. The number of carbonyl (C=O) groups is 1. The van der Waals surface area contributed by atoms with Gasteiger partial charge in [0.2, 0.25) is 0 Å². The summed E-state index contributed by atoms with van der Waals surface area (Å²) in [5, 5.41) is 2.86. The molecule has 0 aliphatic rings. The van der Waals surface area contributed by atoms with E-state index in [2.05, 4.69) is 21.5 Å². The maximum atomic E-state index is 12.5. The third-order valence-electron chi connectivity index (χ3n) is 3.22. The fraction of sp³-hybridized carbons (Fsp3) is 0.0556. The van der Waals surface area contributed by atoms with E-state index in [4.69, 9.17) is 4.74 Å². The average molecular weight is 304 g/mol. The molecule has 0 saturated carbocycles. The highest BCUT2D eigenvalue weighted by atomic mass is 16.5. The first-order valence-corrected chi connectivity index (χ1v) is 7.06. The van der Waals surface area contributed by atoms with Crippen LogP contribution in [-0.2, 0) is 0 Å². The van der Waals surface area contributed by atoms with Gasteiger partial charge in [0.25, 0.3) is 0 Å². The van der Waals surface area contributed by atoms with Gasteiger partial charge in [-0.3, -0.25) is 4.79 Å². The van der Waals surface area contributed by atoms with E-state index < -0.39 is 0 Å². The van der Waals surface area contributed by atoms with Crippen LogP contribution in [0.3, 0.4) is 0 Å². The van der Waals surface area contributed by atoms with Gasteiger partial charge in [-0.2, -0.15) is 0 Å². The molecule has 0 saturated heterocycles. The molecule has 0 aliphatic heterocycles. The third kappa shape index (κ3) is 3.35. The van der Waals surface area contributed by atoms with Gasteiger partial charge in [0.15, 0.2) is 5.78 Å². The minimum absolute atomic E-state index is 0.193. The molecule has 0 unspecified atom stereocenters.